The molecule has 0 atom stereocenters. The molecule has 0 aliphatic rings. The number of hydrogen-bond acceptors (Lipinski definition) is 7. The molecule has 17 heavy (non-hydrogen) atoms. The molecule has 0 saturated heterocycles. The Bertz CT molecular complexity index is 394. The van der Waals surface area contributed by atoms with Crippen LogP contribution in [-0.4, -0.2) is 42.7 Å². The molecule has 0 bridgehead atoms. The van der Waals surface area contributed by atoms with Gasteiger partial charge in [0, 0.05) is 7.11 Å². The summed E-state index contributed by atoms with van der Waals surface area (Å²) in [4.78, 5) is 24.8. The number of rotatable bonds is 7. The normalized spacial score (nSPS) is 10.2. The molecule has 0 radical (unpaired) electrons. The van der Waals surface area contributed by atoms with Crippen LogP contribution >= 0.6 is 11.3 Å². The highest BCUT2D eigenvalue weighted by atomic mass is 32.1. The summed E-state index contributed by atoms with van der Waals surface area (Å²) in [6.45, 7) is 0.564. The van der Waals surface area contributed by atoms with E-state index in [1.165, 1.54) is 7.11 Å². The summed E-state index contributed by atoms with van der Waals surface area (Å²) in [6, 6.07) is 0. The Balaban J connectivity index is 2.32. The number of anilines is 1. The van der Waals surface area contributed by atoms with Crippen LogP contribution in [0.15, 0.2) is 6.20 Å². The number of amides is 1. The Labute approximate surface area is 101 Å². The Kier molecular flexibility index (Phi) is 5.46. The van der Waals surface area contributed by atoms with Gasteiger partial charge in [-0.1, -0.05) is 0 Å². The van der Waals surface area contributed by atoms with E-state index in [4.69, 9.17) is 9.47 Å². The summed E-state index contributed by atoms with van der Waals surface area (Å²) in [5, 5.41) is 12.8. The van der Waals surface area contributed by atoms with Crippen LogP contribution in [0, 0.1) is 10.1 Å². The molecule has 8 nitrogen and oxygen atoms in total. The Morgan fingerprint density at radius 2 is 2.41 bits per heavy atom. The second-order valence-electron chi connectivity index (χ2n) is 2.85. The Morgan fingerprint density at radius 1 is 1.65 bits per heavy atom. The predicted molar refractivity (Wildman–Crippen MR) is 60.1 cm³/mol. The van der Waals surface area contributed by atoms with Crippen LogP contribution in [0.3, 0.4) is 0 Å². The number of hydrogen-bond donors (Lipinski definition) is 1. The lowest BCUT2D eigenvalue weighted by molar-refractivity contribution is -0.380. The fraction of sp³-hybridized carbons (Fsp3) is 0.500. The number of nitrogens with zero attached hydrogens (tertiary/aromatic N) is 2. The number of ether oxygens (including phenoxy) is 2. The van der Waals surface area contributed by atoms with Crippen LogP contribution in [0.2, 0.25) is 0 Å². The van der Waals surface area contributed by atoms with Crippen molar-refractivity contribution < 1.29 is 19.2 Å². The third kappa shape index (κ3) is 4.85. The first-order valence-electron chi connectivity index (χ1n) is 4.60. The topological polar surface area (TPSA) is 104 Å². The lowest BCUT2D eigenvalue weighted by atomic mass is 10.6. The van der Waals surface area contributed by atoms with Crippen molar-refractivity contribution in [1.29, 1.82) is 0 Å². The van der Waals surface area contributed by atoms with E-state index < -0.39 is 10.8 Å². The van der Waals surface area contributed by atoms with Crippen LogP contribution in [-0.2, 0) is 14.3 Å². The van der Waals surface area contributed by atoms with Gasteiger partial charge in [-0.2, -0.15) is 0 Å². The van der Waals surface area contributed by atoms with E-state index in [0.29, 0.717) is 13.2 Å². The van der Waals surface area contributed by atoms with E-state index in [0.717, 1.165) is 17.5 Å². The van der Waals surface area contributed by atoms with Crippen molar-refractivity contribution in [2.45, 2.75) is 0 Å². The minimum atomic E-state index is -0.567. The zero-order chi connectivity index (χ0) is 12.7. The molecule has 1 rings (SSSR count). The van der Waals surface area contributed by atoms with E-state index in [1.54, 1.807) is 0 Å². The maximum atomic E-state index is 11.3. The van der Waals surface area contributed by atoms with Crippen molar-refractivity contribution in [3.05, 3.63) is 16.3 Å². The van der Waals surface area contributed by atoms with E-state index in [9.17, 15) is 14.9 Å². The van der Waals surface area contributed by atoms with Crippen LogP contribution in [0.1, 0.15) is 0 Å². The van der Waals surface area contributed by atoms with Crippen molar-refractivity contribution in [3.8, 4) is 0 Å². The van der Waals surface area contributed by atoms with Crippen molar-refractivity contribution in [2.75, 3.05) is 32.2 Å². The molecule has 0 aromatic carbocycles. The lowest BCUT2D eigenvalue weighted by Crippen LogP contribution is -2.19. The van der Waals surface area contributed by atoms with Crippen molar-refractivity contribution in [3.63, 3.8) is 0 Å². The van der Waals surface area contributed by atoms with Crippen LogP contribution < -0.4 is 5.32 Å². The predicted octanol–water partition coefficient (Wildman–Crippen LogP) is 0.653. The number of nitro groups is 1. The smallest absolute Gasteiger partial charge is 0.345 e. The summed E-state index contributed by atoms with van der Waals surface area (Å²) in [7, 11) is 1.53. The van der Waals surface area contributed by atoms with Crippen LogP contribution in [0.4, 0.5) is 10.1 Å². The highest BCUT2D eigenvalue weighted by Gasteiger charge is 2.13. The molecule has 1 N–H and O–H groups in total. The molecule has 0 unspecified atom stereocenters. The lowest BCUT2D eigenvalue weighted by Gasteiger charge is -2.02. The van der Waals surface area contributed by atoms with Gasteiger partial charge in [0.15, 0.2) is 5.13 Å². The minimum Gasteiger partial charge on any atom is -0.382 e. The first-order chi connectivity index (χ1) is 8.13. The summed E-state index contributed by atoms with van der Waals surface area (Å²) in [5.74, 6) is -0.412. The molecular formula is C8H11N3O5S. The van der Waals surface area contributed by atoms with Gasteiger partial charge in [-0.15, -0.1) is 0 Å². The molecule has 0 aliphatic heterocycles. The quantitative estimate of drug-likeness (QED) is 0.439. The number of carbonyl (C=O) groups excluding carboxylic acids is 1. The van der Waals surface area contributed by atoms with Crippen LogP contribution in [0.5, 0.6) is 0 Å². The number of nitrogens with one attached hydrogen (secondary N) is 1. The largest absolute Gasteiger partial charge is 0.382 e. The monoisotopic (exact) mass is 261 g/mol. The molecular weight excluding hydrogens is 250 g/mol. The third-order valence-corrected chi connectivity index (χ3v) is 2.45. The molecule has 1 aromatic rings. The van der Waals surface area contributed by atoms with Gasteiger partial charge in [-0.05, 0) is 11.3 Å². The number of aromatic nitrogens is 1. The Morgan fingerprint density at radius 3 is 3.00 bits per heavy atom. The average molecular weight is 261 g/mol. The van der Waals surface area contributed by atoms with Gasteiger partial charge < -0.3 is 9.47 Å². The Hall–Kier alpha value is -1.58. The fourth-order valence-electron chi connectivity index (χ4n) is 0.870. The van der Waals surface area contributed by atoms with E-state index >= 15 is 0 Å². The first-order valence-corrected chi connectivity index (χ1v) is 5.42. The van der Waals surface area contributed by atoms with Gasteiger partial charge in [0.2, 0.25) is 0 Å². The van der Waals surface area contributed by atoms with Crippen LogP contribution in [0.25, 0.3) is 0 Å². The molecule has 1 aromatic heterocycles. The standard InChI is InChI=1S/C8H11N3O5S/c1-15-2-3-16-5-6(12)10-8-9-4-7(17-8)11(13)14/h4H,2-3,5H2,1H3,(H,9,10,12). The van der Waals surface area contributed by atoms with Gasteiger partial charge in [0.1, 0.15) is 12.8 Å². The van der Waals surface area contributed by atoms with Gasteiger partial charge >= 0.3 is 5.00 Å². The van der Waals surface area contributed by atoms with Crippen molar-refractivity contribution in [1.82, 2.24) is 4.98 Å². The second-order valence-corrected chi connectivity index (χ2v) is 3.86. The summed E-state index contributed by atoms with van der Waals surface area (Å²) >= 11 is 0.791. The summed E-state index contributed by atoms with van der Waals surface area (Å²) in [5.41, 5.74) is 0. The highest BCUT2D eigenvalue weighted by Crippen LogP contribution is 2.24. The molecule has 94 valence electrons. The minimum absolute atomic E-state index is 0.124. The molecule has 1 amide bonds. The number of methoxy groups -OCH3 is 1. The third-order valence-electron chi connectivity index (χ3n) is 1.58. The van der Waals surface area contributed by atoms with Gasteiger partial charge in [-0.25, -0.2) is 4.98 Å². The van der Waals surface area contributed by atoms with Crippen molar-refractivity contribution >= 4 is 27.4 Å². The molecule has 1 heterocycles. The highest BCUT2D eigenvalue weighted by molar-refractivity contribution is 7.18. The van der Waals surface area contributed by atoms with Gasteiger partial charge in [0.05, 0.1) is 18.1 Å². The van der Waals surface area contributed by atoms with E-state index in [-0.39, 0.29) is 16.7 Å². The second kappa shape index (κ2) is 6.89. The summed E-state index contributed by atoms with van der Waals surface area (Å²) in [6.07, 6.45) is 1.09. The molecule has 0 fully saturated rings. The van der Waals surface area contributed by atoms with E-state index in [1.807, 2.05) is 0 Å². The maximum Gasteiger partial charge on any atom is 0.345 e. The molecule has 0 saturated carbocycles. The van der Waals surface area contributed by atoms with Crippen molar-refractivity contribution in [2.24, 2.45) is 0 Å². The fourth-order valence-corrected chi connectivity index (χ4v) is 1.52. The average Bonchev–Trinajstić information content (AvgIpc) is 2.73. The molecule has 0 spiro atoms. The number of thiazole rings is 1. The molecule has 9 heteroatoms. The zero-order valence-corrected chi connectivity index (χ0v) is 9.86. The SMILES string of the molecule is COCCOCC(=O)Nc1ncc([N+](=O)[O-])s1. The zero-order valence-electron chi connectivity index (χ0n) is 9.04. The van der Waals surface area contributed by atoms with E-state index in [2.05, 4.69) is 10.3 Å². The maximum absolute atomic E-state index is 11.3. The summed E-state index contributed by atoms with van der Waals surface area (Å²) < 4.78 is 9.70. The molecule has 0 aliphatic carbocycles. The number of carbonyl (C=O) groups is 1. The first kappa shape index (κ1) is 13.5. The van der Waals surface area contributed by atoms with Gasteiger partial charge in [-0.3, -0.25) is 20.2 Å². The van der Waals surface area contributed by atoms with Gasteiger partial charge in [0.25, 0.3) is 5.91 Å².